The molecule has 0 radical (unpaired) electrons. The lowest BCUT2D eigenvalue weighted by atomic mass is 9.98. The van der Waals surface area contributed by atoms with Crippen LogP contribution < -0.4 is 0 Å². The van der Waals surface area contributed by atoms with Crippen LogP contribution >= 0.6 is 0 Å². The highest BCUT2D eigenvalue weighted by atomic mass is 16.6. The molecule has 0 fully saturated rings. The van der Waals surface area contributed by atoms with Crippen LogP contribution in [0.4, 0.5) is 0 Å². The van der Waals surface area contributed by atoms with E-state index in [0.29, 0.717) is 6.61 Å². The standard InChI is InChI=1S/C24H20N4O/c1-2-4-17(5-3-1)16-29-28-23-9-7-19-14-20(6-8-21(19)23)22-15-26-27-24(22)18-10-12-25-13-11-18/h1-6,8,10-15H,7,9,16H2,(H,26,27). The summed E-state index contributed by atoms with van der Waals surface area (Å²) in [5.41, 5.74) is 8.93. The van der Waals surface area contributed by atoms with Gasteiger partial charge < -0.3 is 4.84 Å². The predicted molar refractivity (Wildman–Crippen MR) is 113 cm³/mol. The topological polar surface area (TPSA) is 63.2 Å². The number of nitrogens with one attached hydrogen (secondary N) is 1. The Balaban J connectivity index is 1.38. The molecule has 1 aliphatic carbocycles. The number of rotatable bonds is 5. The van der Waals surface area contributed by atoms with Gasteiger partial charge in [0.2, 0.25) is 0 Å². The second kappa shape index (κ2) is 7.72. The zero-order valence-corrected chi connectivity index (χ0v) is 15.9. The van der Waals surface area contributed by atoms with Crippen LogP contribution in [-0.4, -0.2) is 20.9 Å². The number of nitrogens with zero attached hydrogens (tertiary/aromatic N) is 3. The van der Waals surface area contributed by atoms with E-state index in [1.807, 2.05) is 48.7 Å². The summed E-state index contributed by atoms with van der Waals surface area (Å²) in [6, 6.07) is 20.6. The van der Waals surface area contributed by atoms with Crippen LogP contribution in [0.25, 0.3) is 22.4 Å². The van der Waals surface area contributed by atoms with Gasteiger partial charge in [0.1, 0.15) is 6.61 Å². The molecule has 2 aromatic carbocycles. The zero-order chi connectivity index (χ0) is 19.5. The predicted octanol–water partition coefficient (Wildman–Crippen LogP) is 5.01. The van der Waals surface area contributed by atoms with Crippen molar-refractivity contribution in [3.05, 3.63) is 95.9 Å². The Labute approximate surface area is 169 Å². The lowest BCUT2D eigenvalue weighted by Crippen LogP contribution is -1.97. The van der Waals surface area contributed by atoms with Crippen LogP contribution in [0.3, 0.4) is 0 Å². The highest BCUT2D eigenvalue weighted by Crippen LogP contribution is 2.33. The maximum atomic E-state index is 5.61. The van der Waals surface area contributed by atoms with Crippen molar-refractivity contribution < 1.29 is 4.84 Å². The van der Waals surface area contributed by atoms with Crippen LogP contribution in [0.1, 0.15) is 23.1 Å². The Hall–Kier alpha value is -3.73. The molecule has 0 saturated carbocycles. The van der Waals surface area contributed by atoms with Gasteiger partial charge >= 0.3 is 0 Å². The summed E-state index contributed by atoms with van der Waals surface area (Å²) in [7, 11) is 0. The van der Waals surface area contributed by atoms with Crippen molar-refractivity contribution in [2.45, 2.75) is 19.4 Å². The average molecular weight is 380 g/mol. The fourth-order valence-electron chi connectivity index (χ4n) is 3.73. The van der Waals surface area contributed by atoms with Crippen molar-refractivity contribution in [3.8, 4) is 22.4 Å². The number of aromatic nitrogens is 3. The number of pyridine rings is 1. The molecule has 4 aromatic rings. The SMILES string of the molecule is c1ccc(CON=C2CCc3cc(-c4cn[nH]c4-c4ccncc4)ccc32)cc1. The smallest absolute Gasteiger partial charge is 0.142 e. The number of oxime groups is 1. The molecule has 5 heteroatoms. The van der Waals surface area contributed by atoms with Gasteiger partial charge in [-0.1, -0.05) is 53.7 Å². The third-order valence-electron chi connectivity index (χ3n) is 5.22. The summed E-state index contributed by atoms with van der Waals surface area (Å²) >= 11 is 0. The lowest BCUT2D eigenvalue weighted by molar-refractivity contribution is 0.130. The van der Waals surface area contributed by atoms with Crippen LogP contribution in [0, 0.1) is 0 Å². The molecular formula is C24H20N4O. The van der Waals surface area contributed by atoms with Crippen molar-refractivity contribution in [3.63, 3.8) is 0 Å². The zero-order valence-electron chi connectivity index (χ0n) is 15.9. The number of hydrogen-bond acceptors (Lipinski definition) is 4. The Bertz CT molecular complexity index is 1150. The third-order valence-corrected chi connectivity index (χ3v) is 5.22. The van der Waals surface area contributed by atoms with Gasteiger partial charge in [0.25, 0.3) is 0 Å². The van der Waals surface area contributed by atoms with E-state index in [9.17, 15) is 0 Å². The minimum Gasteiger partial charge on any atom is -0.391 e. The Morgan fingerprint density at radius 1 is 0.897 bits per heavy atom. The molecule has 0 amide bonds. The molecule has 2 heterocycles. The largest absolute Gasteiger partial charge is 0.391 e. The molecule has 142 valence electrons. The van der Waals surface area contributed by atoms with Gasteiger partial charge in [-0.05, 0) is 41.7 Å². The summed E-state index contributed by atoms with van der Waals surface area (Å²) in [5.74, 6) is 0. The molecule has 0 unspecified atom stereocenters. The van der Waals surface area contributed by atoms with Gasteiger partial charge in [-0.3, -0.25) is 10.1 Å². The summed E-state index contributed by atoms with van der Waals surface area (Å²) in [5, 5.41) is 11.8. The minimum atomic E-state index is 0.488. The van der Waals surface area contributed by atoms with Crippen molar-refractivity contribution in [1.29, 1.82) is 0 Å². The lowest BCUT2D eigenvalue weighted by Gasteiger charge is -2.07. The first-order chi connectivity index (χ1) is 14.4. The molecule has 0 spiro atoms. The Morgan fingerprint density at radius 2 is 1.76 bits per heavy atom. The summed E-state index contributed by atoms with van der Waals surface area (Å²) in [6.07, 6.45) is 7.33. The van der Waals surface area contributed by atoms with E-state index in [1.165, 1.54) is 11.1 Å². The number of hydrogen-bond donors (Lipinski definition) is 1. The van der Waals surface area contributed by atoms with Gasteiger partial charge in [0.15, 0.2) is 0 Å². The van der Waals surface area contributed by atoms with E-state index in [0.717, 1.165) is 46.5 Å². The van der Waals surface area contributed by atoms with Gasteiger partial charge in [-0.15, -0.1) is 0 Å². The number of aromatic amines is 1. The highest BCUT2D eigenvalue weighted by Gasteiger charge is 2.20. The average Bonchev–Trinajstić information content (AvgIpc) is 3.42. The third kappa shape index (κ3) is 3.55. The molecule has 2 aromatic heterocycles. The minimum absolute atomic E-state index is 0.488. The van der Waals surface area contributed by atoms with E-state index in [1.54, 1.807) is 12.4 Å². The summed E-state index contributed by atoms with van der Waals surface area (Å²) < 4.78 is 0. The van der Waals surface area contributed by atoms with E-state index >= 15 is 0 Å². The second-order valence-corrected chi connectivity index (χ2v) is 7.06. The molecule has 29 heavy (non-hydrogen) atoms. The fourth-order valence-corrected chi connectivity index (χ4v) is 3.73. The van der Waals surface area contributed by atoms with E-state index < -0.39 is 0 Å². The molecule has 5 rings (SSSR count). The molecular weight excluding hydrogens is 360 g/mol. The molecule has 0 saturated heterocycles. The van der Waals surface area contributed by atoms with E-state index in [2.05, 4.69) is 38.5 Å². The quantitative estimate of drug-likeness (QED) is 0.495. The monoisotopic (exact) mass is 380 g/mol. The summed E-state index contributed by atoms with van der Waals surface area (Å²) in [6.45, 7) is 0.488. The maximum Gasteiger partial charge on any atom is 0.142 e. The van der Waals surface area contributed by atoms with Crippen LogP contribution in [0.5, 0.6) is 0 Å². The van der Waals surface area contributed by atoms with Crippen molar-refractivity contribution in [2.75, 3.05) is 0 Å². The van der Waals surface area contributed by atoms with Crippen LogP contribution in [-0.2, 0) is 17.9 Å². The maximum absolute atomic E-state index is 5.61. The fraction of sp³-hybridized carbons (Fsp3) is 0.125. The molecule has 0 atom stereocenters. The normalized spacial score (nSPS) is 14.1. The molecule has 0 bridgehead atoms. The number of aryl methyl sites for hydroxylation is 1. The molecule has 1 aliphatic rings. The van der Waals surface area contributed by atoms with Crippen LogP contribution in [0.2, 0.25) is 0 Å². The van der Waals surface area contributed by atoms with Gasteiger partial charge in [-0.25, -0.2) is 0 Å². The van der Waals surface area contributed by atoms with Crippen molar-refractivity contribution in [1.82, 2.24) is 15.2 Å². The molecule has 5 nitrogen and oxygen atoms in total. The van der Waals surface area contributed by atoms with Crippen molar-refractivity contribution in [2.24, 2.45) is 5.16 Å². The first-order valence-corrected chi connectivity index (χ1v) is 9.69. The van der Waals surface area contributed by atoms with Gasteiger partial charge in [0.05, 0.1) is 17.6 Å². The molecule has 1 N–H and O–H groups in total. The second-order valence-electron chi connectivity index (χ2n) is 7.06. The number of fused-ring (bicyclic) bond motifs is 1. The van der Waals surface area contributed by atoms with Gasteiger partial charge in [0, 0.05) is 29.1 Å². The Kier molecular flexibility index (Phi) is 4.62. The van der Waals surface area contributed by atoms with Crippen molar-refractivity contribution >= 4 is 5.71 Å². The highest BCUT2D eigenvalue weighted by molar-refractivity contribution is 6.04. The number of benzene rings is 2. The van der Waals surface area contributed by atoms with E-state index in [-0.39, 0.29) is 0 Å². The van der Waals surface area contributed by atoms with E-state index in [4.69, 9.17) is 4.84 Å². The Morgan fingerprint density at radius 3 is 2.62 bits per heavy atom. The first-order valence-electron chi connectivity index (χ1n) is 9.69. The summed E-state index contributed by atoms with van der Waals surface area (Å²) in [4.78, 5) is 9.70. The first kappa shape index (κ1) is 17.4. The van der Waals surface area contributed by atoms with Gasteiger partial charge in [-0.2, -0.15) is 5.10 Å². The number of H-pyrrole nitrogens is 1. The van der Waals surface area contributed by atoms with Crippen LogP contribution in [0.15, 0.2) is 84.4 Å². The molecule has 0 aliphatic heterocycles.